The van der Waals surface area contributed by atoms with Crippen LogP contribution < -0.4 is 5.32 Å². The van der Waals surface area contributed by atoms with Crippen LogP contribution in [0.2, 0.25) is 0 Å². The normalized spacial score (nSPS) is 16.9. The Morgan fingerprint density at radius 1 is 1.22 bits per heavy atom. The number of carbonyl (C=O) groups excluding carboxylic acids is 2. The number of rotatable bonds is 4. The number of nitrogens with zero attached hydrogens (tertiary/aromatic N) is 4. The van der Waals surface area contributed by atoms with Crippen LogP contribution in [-0.4, -0.2) is 44.3 Å². The Bertz CT molecular complexity index is 1010. The van der Waals surface area contributed by atoms with Gasteiger partial charge in [-0.3, -0.25) is 9.59 Å². The fourth-order valence-electron chi connectivity index (χ4n) is 3.36. The summed E-state index contributed by atoms with van der Waals surface area (Å²) in [5, 5.41) is 10.8. The van der Waals surface area contributed by atoms with Crippen LogP contribution in [0.5, 0.6) is 0 Å². The molecule has 4 rings (SSSR count). The number of amides is 2. The molecule has 3 aromatic rings. The third-order valence-electron chi connectivity index (χ3n) is 4.97. The van der Waals surface area contributed by atoms with Crippen LogP contribution in [0.15, 0.2) is 42.5 Å². The predicted molar refractivity (Wildman–Crippen MR) is 101 cm³/mol. The smallest absolute Gasteiger partial charge is 0.252 e. The Balaban J connectivity index is 1.43. The van der Waals surface area contributed by atoms with E-state index in [0.29, 0.717) is 25.1 Å². The number of hydrogen-bond donors (Lipinski definition) is 1. The molecule has 1 saturated heterocycles. The van der Waals surface area contributed by atoms with Gasteiger partial charge in [0.25, 0.3) is 5.91 Å². The summed E-state index contributed by atoms with van der Waals surface area (Å²) in [6.07, 6.45) is 0.617. The maximum atomic E-state index is 12.7. The molecule has 1 fully saturated rings. The topological polar surface area (TPSA) is 80.1 Å². The van der Waals surface area contributed by atoms with Crippen molar-refractivity contribution in [3.63, 3.8) is 0 Å². The Kier molecular flexibility index (Phi) is 4.35. The van der Waals surface area contributed by atoms with Gasteiger partial charge >= 0.3 is 0 Å². The van der Waals surface area contributed by atoms with Crippen molar-refractivity contribution in [1.29, 1.82) is 0 Å². The van der Waals surface area contributed by atoms with Gasteiger partial charge in [-0.05, 0) is 37.1 Å². The van der Waals surface area contributed by atoms with E-state index in [9.17, 15) is 9.59 Å². The number of nitrogens with one attached hydrogen (secondary N) is 1. The number of aryl methyl sites for hydroxylation is 2. The number of fused-ring (bicyclic) bond motifs is 1. The molecule has 1 aromatic heterocycles. The Labute approximate surface area is 157 Å². The molecule has 2 heterocycles. The highest BCUT2D eigenvalue weighted by molar-refractivity contribution is 6.00. The fraction of sp³-hybridized carbons (Fsp3) is 0.300. The Morgan fingerprint density at radius 2 is 2.00 bits per heavy atom. The van der Waals surface area contributed by atoms with Gasteiger partial charge in [0, 0.05) is 25.7 Å². The van der Waals surface area contributed by atoms with Crippen molar-refractivity contribution in [2.45, 2.75) is 25.9 Å². The predicted octanol–water partition coefficient (Wildman–Crippen LogP) is 1.81. The van der Waals surface area contributed by atoms with Gasteiger partial charge in [0.2, 0.25) is 5.91 Å². The van der Waals surface area contributed by atoms with Crippen LogP contribution in [0.3, 0.4) is 0 Å². The van der Waals surface area contributed by atoms with Crippen LogP contribution in [0.4, 0.5) is 0 Å². The second-order valence-corrected chi connectivity index (χ2v) is 6.98. The zero-order valence-corrected chi connectivity index (χ0v) is 15.3. The lowest BCUT2D eigenvalue weighted by Crippen LogP contribution is -2.41. The first kappa shape index (κ1) is 17.2. The SMILES string of the molecule is Cc1ccc(CN2CCC(NC(=O)c3ccc4nnn(C)c4c3)C2=O)cc1. The van der Waals surface area contributed by atoms with Crippen molar-refractivity contribution < 1.29 is 9.59 Å². The first-order chi connectivity index (χ1) is 13.0. The molecule has 0 aliphatic carbocycles. The van der Waals surface area contributed by atoms with Gasteiger partial charge in [0.15, 0.2) is 0 Å². The molecule has 0 radical (unpaired) electrons. The van der Waals surface area contributed by atoms with E-state index in [4.69, 9.17) is 0 Å². The molecule has 0 spiro atoms. The first-order valence-corrected chi connectivity index (χ1v) is 8.96. The molecule has 7 nitrogen and oxygen atoms in total. The fourth-order valence-corrected chi connectivity index (χ4v) is 3.36. The van der Waals surface area contributed by atoms with Crippen molar-refractivity contribution in [2.75, 3.05) is 6.54 Å². The average Bonchev–Trinajstić information content (AvgIpc) is 3.20. The highest BCUT2D eigenvalue weighted by atomic mass is 16.2. The molecular weight excluding hydrogens is 342 g/mol. The summed E-state index contributed by atoms with van der Waals surface area (Å²) in [6.45, 7) is 3.25. The molecule has 7 heteroatoms. The van der Waals surface area contributed by atoms with E-state index in [1.807, 2.05) is 31.2 Å². The van der Waals surface area contributed by atoms with E-state index in [1.54, 1.807) is 34.8 Å². The lowest BCUT2D eigenvalue weighted by atomic mass is 10.1. The number of aromatic nitrogens is 3. The van der Waals surface area contributed by atoms with Gasteiger partial charge in [0.1, 0.15) is 11.6 Å². The number of benzene rings is 2. The van der Waals surface area contributed by atoms with Crippen molar-refractivity contribution in [1.82, 2.24) is 25.2 Å². The van der Waals surface area contributed by atoms with E-state index < -0.39 is 6.04 Å². The summed E-state index contributed by atoms with van der Waals surface area (Å²) >= 11 is 0. The monoisotopic (exact) mass is 363 g/mol. The van der Waals surface area contributed by atoms with Gasteiger partial charge in [-0.1, -0.05) is 35.0 Å². The molecule has 1 atom stereocenters. The van der Waals surface area contributed by atoms with E-state index in [1.165, 1.54) is 5.56 Å². The van der Waals surface area contributed by atoms with E-state index in [0.717, 1.165) is 16.6 Å². The van der Waals surface area contributed by atoms with Gasteiger partial charge in [-0.25, -0.2) is 4.68 Å². The second kappa shape index (κ2) is 6.83. The zero-order chi connectivity index (χ0) is 19.0. The van der Waals surface area contributed by atoms with Crippen LogP contribution in [0, 0.1) is 6.92 Å². The molecule has 1 unspecified atom stereocenters. The Hall–Kier alpha value is -3.22. The van der Waals surface area contributed by atoms with Gasteiger partial charge in [0.05, 0.1) is 5.52 Å². The summed E-state index contributed by atoms with van der Waals surface area (Å²) in [7, 11) is 1.78. The largest absolute Gasteiger partial charge is 0.340 e. The van der Waals surface area contributed by atoms with Gasteiger partial charge in [-0.2, -0.15) is 0 Å². The highest BCUT2D eigenvalue weighted by Crippen LogP contribution is 2.17. The maximum absolute atomic E-state index is 12.7. The quantitative estimate of drug-likeness (QED) is 0.767. The minimum atomic E-state index is -0.483. The minimum absolute atomic E-state index is 0.0350. The van der Waals surface area contributed by atoms with Crippen LogP contribution in [0.25, 0.3) is 11.0 Å². The second-order valence-electron chi connectivity index (χ2n) is 6.98. The molecule has 1 N–H and O–H groups in total. The Morgan fingerprint density at radius 3 is 2.78 bits per heavy atom. The summed E-state index contributed by atoms with van der Waals surface area (Å²) in [4.78, 5) is 27.0. The van der Waals surface area contributed by atoms with Crippen LogP contribution in [0.1, 0.15) is 27.9 Å². The zero-order valence-electron chi connectivity index (χ0n) is 15.3. The standard InChI is InChI=1S/C20H21N5O2/c1-13-3-5-14(6-4-13)12-25-10-9-17(20(25)27)21-19(26)15-7-8-16-18(11-15)24(2)23-22-16/h3-8,11,17H,9-10,12H2,1-2H3,(H,21,26). The molecule has 0 bridgehead atoms. The molecule has 2 amide bonds. The lowest BCUT2D eigenvalue weighted by molar-refractivity contribution is -0.129. The van der Waals surface area contributed by atoms with Crippen LogP contribution in [-0.2, 0) is 18.4 Å². The summed E-state index contributed by atoms with van der Waals surface area (Å²) in [5.41, 5.74) is 4.29. The van der Waals surface area contributed by atoms with Crippen molar-refractivity contribution >= 4 is 22.8 Å². The van der Waals surface area contributed by atoms with Crippen LogP contribution >= 0.6 is 0 Å². The molecule has 138 valence electrons. The van der Waals surface area contributed by atoms with Crippen molar-refractivity contribution in [3.05, 3.63) is 59.2 Å². The molecule has 1 aliphatic heterocycles. The molecule has 1 aliphatic rings. The minimum Gasteiger partial charge on any atom is -0.340 e. The molecular formula is C20H21N5O2. The molecule has 2 aromatic carbocycles. The number of carbonyl (C=O) groups is 2. The van der Waals surface area contributed by atoms with Crippen molar-refractivity contribution in [2.24, 2.45) is 7.05 Å². The summed E-state index contributed by atoms with van der Waals surface area (Å²) < 4.78 is 1.62. The van der Waals surface area contributed by atoms with Gasteiger partial charge in [-0.15, -0.1) is 5.10 Å². The van der Waals surface area contributed by atoms with E-state index in [2.05, 4.69) is 15.6 Å². The number of likely N-dealkylation sites (tertiary alicyclic amines) is 1. The molecule has 0 saturated carbocycles. The summed E-state index contributed by atoms with van der Waals surface area (Å²) in [6, 6.07) is 12.9. The van der Waals surface area contributed by atoms with Crippen molar-refractivity contribution in [3.8, 4) is 0 Å². The van der Waals surface area contributed by atoms with E-state index in [-0.39, 0.29) is 11.8 Å². The third kappa shape index (κ3) is 3.40. The number of hydrogen-bond acceptors (Lipinski definition) is 4. The highest BCUT2D eigenvalue weighted by Gasteiger charge is 2.32. The lowest BCUT2D eigenvalue weighted by Gasteiger charge is -2.17. The van der Waals surface area contributed by atoms with Gasteiger partial charge < -0.3 is 10.2 Å². The molecule has 27 heavy (non-hydrogen) atoms. The average molecular weight is 363 g/mol. The maximum Gasteiger partial charge on any atom is 0.252 e. The first-order valence-electron chi connectivity index (χ1n) is 8.96. The summed E-state index contributed by atoms with van der Waals surface area (Å²) in [5.74, 6) is -0.291. The van der Waals surface area contributed by atoms with E-state index >= 15 is 0 Å². The third-order valence-corrected chi connectivity index (χ3v) is 4.97.